The van der Waals surface area contributed by atoms with Crippen LogP contribution in [-0.2, 0) is 15.3 Å². The Hall–Kier alpha value is -1.11. The van der Waals surface area contributed by atoms with E-state index in [0.717, 1.165) is 6.26 Å². The van der Waals surface area contributed by atoms with Crippen molar-refractivity contribution in [2.45, 2.75) is 26.2 Å². The van der Waals surface area contributed by atoms with Gasteiger partial charge in [-0.25, -0.2) is 8.42 Å². The Morgan fingerprint density at radius 3 is 2.44 bits per heavy atom. The van der Waals surface area contributed by atoms with Gasteiger partial charge in [0.25, 0.3) is 0 Å². The average molecular weight is 248 g/mol. The van der Waals surface area contributed by atoms with E-state index in [2.05, 4.69) is 10.1 Å². The van der Waals surface area contributed by atoms with Crippen LogP contribution in [0.15, 0.2) is 4.52 Å². The van der Waals surface area contributed by atoms with Crippen LogP contribution in [0.5, 0.6) is 6.08 Å². The molecule has 1 aromatic rings. The Morgan fingerprint density at radius 1 is 1.38 bits per heavy atom. The summed E-state index contributed by atoms with van der Waals surface area (Å²) in [5.41, 5.74) is -0.220. The van der Waals surface area contributed by atoms with Crippen molar-refractivity contribution in [1.82, 2.24) is 10.1 Å². The van der Waals surface area contributed by atoms with E-state index in [0.29, 0.717) is 5.82 Å². The predicted octanol–water partition coefficient (Wildman–Crippen LogP) is 0.791. The van der Waals surface area contributed by atoms with Crippen LogP contribution in [0.4, 0.5) is 0 Å². The molecule has 16 heavy (non-hydrogen) atoms. The monoisotopic (exact) mass is 248 g/mol. The quantitative estimate of drug-likeness (QED) is 0.783. The fourth-order valence-corrected chi connectivity index (χ4v) is 1.24. The van der Waals surface area contributed by atoms with E-state index in [9.17, 15) is 8.42 Å². The number of ether oxygens (including phenoxy) is 1. The molecular formula is C9H16N2O4S. The van der Waals surface area contributed by atoms with Gasteiger partial charge in [-0.15, -0.1) is 0 Å². The van der Waals surface area contributed by atoms with Crippen LogP contribution in [0.3, 0.4) is 0 Å². The first kappa shape index (κ1) is 13.0. The van der Waals surface area contributed by atoms with Gasteiger partial charge >= 0.3 is 6.08 Å². The van der Waals surface area contributed by atoms with Crippen LogP contribution in [0.25, 0.3) is 0 Å². The lowest BCUT2D eigenvalue weighted by atomic mass is 9.96. The SMILES string of the molecule is CC(C)(C)c1noc(OCCS(C)(=O)=O)n1. The molecule has 0 atom stereocenters. The second kappa shape index (κ2) is 4.40. The Bertz CT molecular complexity index is 444. The van der Waals surface area contributed by atoms with Gasteiger partial charge in [-0.2, -0.15) is 4.98 Å². The summed E-state index contributed by atoms with van der Waals surface area (Å²) in [4.78, 5) is 4.01. The van der Waals surface area contributed by atoms with E-state index in [1.165, 1.54) is 0 Å². The van der Waals surface area contributed by atoms with E-state index in [4.69, 9.17) is 9.26 Å². The number of sulfone groups is 1. The molecule has 0 fully saturated rings. The van der Waals surface area contributed by atoms with E-state index in [1.807, 2.05) is 20.8 Å². The molecule has 0 spiro atoms. The van der Waals surface area contributed by atoms with Crippen LogP contribution < -0.4 is 4.74 Å². The molecule has 0 saturated heterocycles. The van der Waals surface area contributed by atoms with Gasteiger partial charge in [0.1, 0.15) is 6.61 Å². The highest BCUT2D eigenvalue weighted by molar-refractivity contribution is 7.90. The van der Waals surface area contributed by atoms with E-state index >= 15 is 0 Å². The molecule has 0 unspecified atom stereocenters. The minimum atomic E-state index is -3.03. The lowest BCUT2D eigenvalue weighted by Gasteiger charge is -2.10. The molecule has 0 radical (unpaired) electrons. The predicted molar refractivity (Wildman–Crippen MR) is 58.2 cm³/mol. The highest BCUT2D eigenvalue weighted by Gasteiger charge is 2.21. The highest BCUT2D eigenvalue weighted by atomic mass is 32.2. The normalized spacial score (nSPS) is 12.8. The van der Waals surface area contributed by atoms with Crippen molar-refractivity contribution >= 4 is 9.84 Å². The molecule has 92 valence electrons. The van der Waals surface area contributed by atoms with Crippen LogP contribution in [-0.4, -0.2) is 37.2 Å². The summed E-state index contributed by atoms with van der Waals surface area (Å²) < 4.78 is 31.5. The number of nitrogens with zero attached hydrogens (tertiary/aromatic N) is 2. The molecule has 0 aromatic carbocycles. The highest BCUT2D eigenvalue weighted by Crippen LogP contribution is 2.20. The largest absolute Gasteiger partial charge is 0.448 e. The maximum Gasteiger partial charge on any atom is 0.417 e. The number of hydrogen-bond acceptors (Lipinski definition) is 6. The molecule has 0 aliphatic carbocycles. The second-order valence-electron chi connectivity index (χ2n) is 4.61. The molecule has 0 N–H and O–H groups in total. The zero-order valence-corrected chi connectivity index (χ0v) is 10.7. The van der Waals surface area contributed by atoms with Crippen molar-refractivity contribution in [3.8, 4) is 6.08 Å². The van der Waals surface area contributed by atoms with Crippen LogP contribution in [0.1, 0.15) is 26.6 Å². The lowest BCUT2D eigenvalue weighted by Crippen LogP contribution is -2.14. The molecule has 0 aliphatic heterocycles. The molecule has 0 saturated carbocycles. The Morgan fingerprint density at radius 2 is 2.00 bits per heavy atom. The Kier molecular flexibility index (Phi) is 3.57. The van der Waals surface area contributed by atoms with Crippen LogP contribution >= 0.6 is 0 Å². The molecule has 6 nitrogen and oxygen atoms in total. The van der Waals surface area contributed by atoms with Crippen molar-refractivity contribution in [1.29, 1.82) is 0 Å². The topological polar surface area (TPSA) is 82.3 Å². The molecular weight excluding hydrogens is 232 g/mol. The molecule has 1 rings (SSSR count). The van der Waals surface area contributed by atoms with Gasteiger partial charge in [0, 0.05) is 11.7 Å². The zero-order valence-electron chi connectivity index (χ0n) is 9.85. The molecule has 7 heteroatoms. The first-order chi connectivity index (χ1) is 7.18. The van der Waals surface area contributed by atoms with Crippen molar-refractivity contribution in [2.75, 3.05) is 18.6 Å². The van der Waals surface area contributed by atoms with Gasteiger partial charge in [0.05, 0.1) is 5.75 Å². The zero-order chi connectivity index (χ0) is 12.4. The van der Waals surface area contributed by atoms with E-state index in [-0.39, 0.29) is 23.9 Å². The molecule has 0 aliphatic rings. The Labute approximate surface area is 94.9 Å². The summed E-state index contributed by atoms with van der Waals surface area (Å²) in [5, 5.41) is 3.74. The van der Waals surface area contributed by atoms with Crippen LogP contribution in [0, 0.1) is 0 Å². The minimum absolute atomic E-state index is 0.00794. The fourth-order valence-electron chi connectivity index (χ4n) is 0.853. The molecule has 0 amide bonds. The fraction of sp³-hybridized carbons (Fsp3) is 0.778. The van der Waals surface area contributed by atoms with Gasteiger partial charge in [0.15, 0.2) is 15.7 Å². The minimum Gasteiger partial charge on any atom is -0.448 e. The van der Waals surface area contributed by atoms with Crippen molar-refractivity contribution in [3.05, 3.63) is 5.82 Å². The molecule has 0 bridgehead atoms. The molecule has 1 heterocycles. The third kappa shape index (κ3) is 4.18. The third-order valence-corrected chi connectivity index (χ3v) is 2.67. The first-order valence-electron chi connectivity index (χ1n) is 4.83. The summed E-state index contributed by atoms with van der Waals surface area (Å²) in [7, 11) is -3.03. The lowest BCUT2D eigenvalue weighted by molar-refractivity contribution is 0.215. The van der Waals surface area contributed by atoms with E-state index in [1.54, 1.807) is 0 Å². The average Bonchev–Trinajstić information content (AvgIpc) is 2.49. The van der Waals surface area contributed by atoms with Gasteiger partial charge < -0.3 is 4.74 Å². The van der Waals surface area contributed by atoms with Gasteiger partial charge in [-0.3, -0.25) is 4.52 Å². The Balaban J connectivity index is 2.54. The van der Waals surface area contributed by atoms with Crippen molar-refractivity contribution in [2.24, 2.45) is 0 Å². The van der Waals surface area contributed by atoms with Gasteiger partial charge in [-0.05, 0) is 0 Å². The van der Waals surface area contributed by atoms with Crippen molar-refractivity contribution < 1.29 is 17.7 Å². The first-order valence-corrected chi connectivity index (χ1v) is 6.89. The molecule has 1 aromatic heterocycles. The van der Waals surface area contributed by atoms with E-state index < -0.39 is 9.84 Å². The number of rotatable bonds is 4. The van der Waals surface area contributed by atoms with Crippen molar-refractivity contribution in [3.63, 3.8) is 0 Å². The summed E-state index contributed by atoms with van der Waals surface area (Å²) >= 11 is 0. The maximum atomic E-state index is 10.8. The third-order valence-electron chi connectivity index (χ3n) is 1.76. The standard InChI is InChI=1S/C9H16N2O4S/c1-9(2,3)7-10-8(15-11-7)14-5-6-16(4,12)13/h5-6H2,1-4H3. The number of aromatic nitrogens is 2. The number of hydrogen-bond donors (Lipinski definition) is 0. The van der Waals surface area contributed by atoms with Gasteiger partial charge in [-0.1, -0.05) is 25.9 Å². The smallest absolute Gasteiger partial charge is 0.417 e. The summed E-state index contributed by atoms with van der Waals surface area (Å²) in [5.74, 6) is 0.460. The second-order valence-corrected chi connectivity index (χ2v) is 6.87. The summed E-state index contributed by atoms with van der Waals surface area (Å²) in [6.07, 6.45) is 1.15. The van der Waals surface area contributed by atoms with Gasteiger partial charge in [0.2, 0.25) is 0 Å². The van der Waals surface area contributed by atoms with Crippen LogP contribution in [0.2, 0.25) is 0 Å². The summed E-state index contributed by atoms with van der Waals surface area (Å²) in [6, 6.07) is 0. The summed E-state index contributed by atoms with van der Waals surface area (Å²) in [6.45, 7) is 5.85. The maximum absolute atomic E-state index is 10.8.